The molecule has 16 nitrogen and oxygen atoms in total. The number of carbonyl (C=O) groups excluding carboxylic acids is 4. The van der Waals surface area contributed by atoms with Gasteiger partial charge in [0.05, 0.1) is 16.1 Å². The monoisotopic (exact) mass is 612 g/mol. The van der Waals surface area contributed by atoms with E-state index in [1.165, 1.54) is 28.8 Å². The molecule has 44 heavy (non-hydrogen) atoms. The van der Waals surface area contributed by atoms with Crippen LogP contribution in [0.5, 0.6) is 5.88 Å². The number of nitro groups is 1. The van der Waals surface area contributed by atoms with Gasteiger partial charge in [-0.1, -0.05) is 18.2 Å². The van der Waals surface area contributed by atoms with Crippen LogP contribution < -0.4 is 0 Å². The van der Waals surface area contributed by atoms with Crippen LogP contribution in [0.25, 0.3) is 10.9 Å². The minimum atomic E-state index is -1.49. The first-order chi connectivity index (χ1) is 20.9. The van der Waals surface area contributed by atoms with Gasteiger partial charge in [0.25, 0.3) is 5.69 Å². The number of hydrogen-bond donors (Lipinski definition) is 1. The van der Waals surface area contributed by atoms with E-state index in [-0.39, 0.29) is 17.1 Å². The average Bonchev–Trinajstić information content (AvgIpc) is 3.23. The van der Waals surface area contributed by atoms with Crippen molar-refractivity contribution < 1.29 is 52.9 Å². The molecule has 0 amide bonds. The Morgan fingerprint density at radius 3 is 2.05 bits per heavy atom. The number of fused-ring (bicyclic) bond motifs is 1. The molecular weight excluding hydrogens is 584 g/mol. The molecule has 1 aliphatic rings. The van der Waals surface area contributed by atoms with Crippen molar-refractivity contribution in [3.8, 4) is 5.88 Å². The Bertz CT molecular complexity index is 1620. The summed E-state index contributed by atoms with van der Waals surface area (Å²) in [7, 11) is 0. The highest BCUT2D eigenvalue weighted by Gasteiger charge is 2.53. The molecule has 1 aliphatic heterocycles. The molecule has 0 spiro atoms. The number of azo groups is 1. The fourth-order valence-electron chi connectivity index (χ4n) is 4.75. The molecule has 0 unspecified atom stereocenters. The van der Waals surface area contributed by atoms with Crippen LogP contribution in [0.4, 0.5) is 17.1 Å². The molecule has 1 aromatic heterocycles. The van der Waals surface area contributed by atoms with Crippen LogP contribution in [0.15, 0.2) is 58.8 Å². The number of ether oxygens (including phenoxy) is 5. The lowest BCUT2D eigenvalue weighted by molar-refractivity contribution is -0.384. The molecule has 5 atom stereocenters. The summed E-state index contributed by atoms with van der Waals surface area (Å²) in [6, 6.07) is 11.8. The Hall–Kier alpha value is -5.38. The van der Waals surface area contributed by atoms with Crippen LogP contribution in [0.1, 0.15) is 33.9 Å². The number of nitrogens with zero attached hydrogens (tertiary/aromatic N) is 4. The minimum absolute atomic E-state index is 0.0354. The highest BCUT2D eigenvalue weighted by molar-refractivity contribution is 5.95. The van der Waals surface area contributed by atoms with E-state index in [4.69, 9.17) is 23.7 Å². The number of benzene rings is 2. The van der Waals surface area contributed by atoms with E-state index in [1.54, 1.807) is 24.3 Å². The van der Waals surface area contributed by atoms with E-state index in [2.05, 4.69) is 10.2 Å². The summed E-state index contributed by atoms with van der Waals surface area (Å²) < 4.78 is 29.0. The Kier molecular flexibility index (Phi) is 9.53. The van der Waals surface area contributed by atoms with E-state index >= 15 is 0 Å². The summed E-state index contributed by atoms with van der Waals surface area (Å²) in [5.41, 5.74) is 0.390. The molecule has 2 heterocycles. The van der Waals surface area contributed by atoms with Crippen molar-refractivity contribution in [3.63, 3.8) is 0 Å². The second kappa shape index (κ2) is 13.3. The normalized spacial score (nSPS) is 21.5. The molecule has 2 aromatic carbocycles. The summed E-state index contributed by atoms with van der Waals surface area (Å²) in [6.07, 6.45) is -7.04. The minimum Gasteiger partial charge on any atom is -0.493 e. The zero-order chi connectivity index (χ0) is 32.1. The summed E-state index contributed by atoms with van der Waals surface area (Å²) in [5, 5.41) is 31.1. The highest BCUT2D eigenvalue weighted by atomic mass is 16.7. The van der Waals surface area contributed by atoms with Gasteiger partial charge >= 0.3 is 23.9 Å². The van der Waals surface area contributed by atoms with Gasteiger partial charge < -0.3 is 28.8 Å². The van der Waals surface area contributed by atoms with Crippen molar-refractivity contribution in [2.24, 2.45) is 10.2 Å². The van der Waals surface area contributed by atoms with E-state index < -0.39 is 71.9 Å². The van der Waals surface area contributed by atoms with Crippen LogP contribution in [-0.2, 0) is 42.9 Å². The van der Waals surface area contributed by atoms with Crippen LogP contribution in [-0.4, -0.2) is 69.5 Å². The van der Waals surface area contributed by atoms with E-state index in [1.807, 2.05) is 0 Å². The molecule has 1 N–H and O–H groups in total. The van der Waals surface area contributed by atoms with Crippen LogP contribution >= 0.6 is 0 Å². The first-order valence-electron chi connectivity index (χ1n) is 13.2. The van der Waals surface area contributed by atoms with E-state index in [0.29, 0.717) is 10.9 Å². The van der Waals surface area contributed by atoms with Crippen LogP contribution in [0, 0.1) is 10.1 Å². The van der Waals surface area contributed by atoms with Gasteiger partial charge in [0.1, 0.15) is 12.7 Å². The summed E-state index contributed by atoms with van der Waals surface area (Å²) >= 11 is 0. The second-order valence-corrected chi connectivity index (χ2v) is 9.62. The topological polar surface area (TPSA) is 207 Å². The Morgan fingerprint density at radius 1 is 0.864 bits per heavy atom. The lowest BCUT2D eigenvalue weighted by atomic mass is 9.97. The molecule has 1 saturated heterocycles. The zero-order valence-corrected chi connectivity index (χ0v) is 23.9. The number of nitro benzene ring substituents is 1. The molecular formula is C28H28N4O12. The molecule has 1 fully saturated rings. The largest absolute Gasteiger partial charge is 0.493 e. The lowest BCUT2D eigenvalue weighted by Gasteiger charge is -2.44. The maximum Gasteiger partial charge on any atom is 0.303 e. The highest BCUT2D eigenvalue weighted by Crippen LogP contribution is 2.45. The standard InChI is InChI=1S/C28H28N4O12/c1-14(33)40-13-22-24(41-15(2)34)25(42-16(3)35)26(43-17(4)36)28(44-22)31-21-8-6-5-7-20(21)23(27(31)37)30-29-18-9-11-19(12-10-18)32(38)39/h5-12,22,24-26,28,37H,13H2,1-4H3/t22-,24+,25+,26+,28-/m0/s1. The van der Waals surface area contributed by atoms with Crippen molar-refractivity contribution in [3.05, 3.63) is 58.6 Å². The number of rotatable bonds is 9. The molecule has 0 saturated carbocycles. The zero-order valence-electron chi connectivity index (χ0n) is 23.9. The number of aromatic hydroxyl groups is 1. The number of esters is 4. The lowest BCUT2D eigenvalue weighted by Crippen LogP contribution is -2.60. The fourth-order valence-corrected chi connectivity index (χ4v) is 4.75. The van der Waals surface area contributed by atoms with Crippen molar-refractivity contribution in [2.45, 2.75) is 58.3 Å². The van der Waals surface area contributed by atoms with Gasteiger partial charge in [0.2, 0.25) is 5.88 Å². The Balaban J connectivity index is 1.87. The Labute approximate surface area is 249 Å². The number of aromatic nitrogens is 1. The van der Waals surface area contributed by atoms with E-state index in [0.717, 1.165) is 27.7 Å². The number of carbonyl (C=O) groups is 4. The van der Waals surface area contributed by atoms with Gasteiger partial charge in [0.15, 0.2) is 30.2 Å². The van der Waals surface area contributed by atoms with Gasteiger partial charge in [-0.2, -0.15) is 5.11 Å². The molecule has 16 heteroatoms. The summed E-state index contributed by atoms with van der Waals surface area (Å²) in [5.74, 6) is -3.59. The van der Waals surface area contributed by atoms with Crippen molar-refractivity contribution in [1.29, 1.82) is 0 Å². The molecule has 3 aromatic rings. The van der Waals surface area contributed by atoms with Gasteiger partial charge in [0, 0.05) is 45.2 Å². The Morgan fingerprint density at radius 2 is 1.45 bits per heavy atom. The van der Waals surface area contributed by atoms with Gasteiger partial charge in [-0.15, -0.1) is 5.11 Å². The quantitative estimate of drug-likeness (QED) is 0.120. The summed E-state index contributed by atoms with van der Waals surface area (Å²) in [6.45, 7) is 4.00. The average molecular weight is 613 g/mol. The van der Waals surface area contributed by atoms with Crippen LogP contribution in [0.2, 0.25) is 0 Å². The number of hydrogen-bond acceptors (Lipinski definition) is 14. The van der Waals surface area contributed by atoms with Gasteiger partial charge in [-0.05, 0) is 18.2 Å². The van der Waals surface area contributed by atoms with Gasteiger partial charge in [-0.25, -0.2) is 0 Å². The molecule has 232 valence electrons. The first kappa shape index (κ1) is 31.6. The number of para-hydroxylation sites is 1. The first-order valence-corrected chi connectivity index (χ1v) is 13.2. The second-order valence-electron chi connectivity index (χ2n) is 9.62. The molecule has 4 rings (SSSR count). The maximum absolute atomic E-state index is 12.3. The van der Waals surface area contributed by atoms with Crippen LogP contribution in [0.3, 0.4) is 0 Å². The molecule has 0 aliphatic carbocycles. The molecule has 0 radical (unpaired) electrons. The van der Waals surface area contributed by atoms with Gasteiger partial charge in [-0.3, -0.25) is 33.9 Å². The third-order valence-corrected chi connectivity index (χ3v) is 6.41. The summed E-state index contributed by atoms with van der Waals surface area (Å²) in [4.78, 5) is 58.6. The third kappa shape index (κ3) is 6.97. The maximum atomic E-state index is 12.3. The molecule has 0 bridgehead atoms. The van der Waals surface area contributed by atoms with E-state index in [9.17, 15) is 34.4 Å². The predicted molar refractivity (Wildman–Crippen MR) is 148 cm³/mol. The third-order valence-electron chi connectivity index (χ3n) is 6.41. The van der Waals surface area contributed by atoms with Crippen molar-refractivity contribution in [2.75, 3.05) is 6.61 Å². The van der Waals surface area contributed by atoms with Crippen molar-refractivity contribution in [1.82, 2.24) is 4.57 Å². The number of non-ortho nitro benzene ring substituents is 1. The predicted octanol–water partition coefficient (Wildman–Crippen LogP) is 3.93. The van der Waals surface area contributed by atoms with Crippen molar-refractivity contribution >= 4 is 51.8 Å². The fraction of sp³-hybridized carbons (Fsp3) is 0.357. The smallest absolute Gasteiger partial charge is 0.303 e. The SMILES string of the molecule is CC(=O)OC[C@@H]1O[C@H](n2c(O)c(N=Nc3ccc([N+](=O)[O-])cc3)c3ccccc32)[C@H](OC(C)=O)[C@H](OC(C)=O)[C@@H]1OC(C)=O.